The smallest absolute Gasteiger partial charge is 0.325 e. The maximum atomic E-state index is 12.8. The number of nitrogens with zero attached hydrogens (tertiary/aromatic N) is 2. The molecule has 0 aliphatic heterocycles. The molecule has 0 fully saturated rings. The van der Waals surface area contributed by atoms with Crippen molar-refractivity contribution < 1.29 is 19.1 Å². The van der Waals surface area contributed by atoms with Crippen molar-refractivity contribution in [2.75, 3.05) is 13.7 Å². The van der Waals surface area contributed by atoms with Crippen molar-refractivity contribution in [1.29, 1.82) is 0 Å². The van der Waals surface area contributed by atoms with Crippen LogP contribution in [0.15, 0.2) is 47.5 Å². The van der Waals surface area contributed by atoms with Crippen LogP contribution in [0.3, 0.4) is 0 Å². The minimum Gasteiger partial charge on any atom is -0.494 e. The van der Waals surface area contributed by atoms with Crippen LogP contribution < -0.4 is 9.54 Å². The Morgan fingerprint density at radius 1 is 1.10 bits per heavy atom. The van der Waals surface area contributed by atoms with Crippen LogP contribution in [0.1, 0.15) is 42.6 Å². The van der Waals surface area contributed by atoms with E-state index < -0.39 is 5.97 Å². The van der Waals surface area contributed by atoms with Crippen molar-refractivity contribution in [3.05, 3.63) is 58.4 Å². The number of unbranched alkanes of at least 4 members (excludes halogenated alkanes) is 1. The van der Waals surface area contributed by atoms with Gasteiger partial charge in [-0.15, -0.1) is 0 Å². The molecule has 0 radical (unpaired) electrons. The third-order valence-electron chi connectivity index (χ3n) is 4.74. The molecule has 1 aromatic heterocycles. The minimum atomic E-state index is -0.392. The van der Waals surface area contributed by atoms with Crippen LogP contribution >= 0.6 is 11.3 Å². The maximum Gasteiger partial charge on any atom is 0.325 e. The zero-order valence-corrected chi connectivity index (χ0v) is 18.3. The highest BCUT2D eigenvalue weighted by Crippen LogP contribution is 2.20. The second kappa shape index (κ2) is 10.2. The van der Waals surface area contributed by atoms with E-state index in [0.717, 1.165) is 35.2 Å². The lowest BCUT2D eigenvalue weighted by molar-refractivity contribution is -0.141. The fourth-order valence-electron chi connectivity index (χ4n) is 2.95. The van der Waals surface area contributed by atoms with Crippen LogP contribution in [-0.4, -0.2) is 30.2 Å². The first-order valence-electron chi connectivity index (χ1n) is 10.1. The van der Waals surface area contributed by atoms with E-state index in [0.29, 0.717) is 17.0 Å². The summed E-state index contributed by atoms with van der Waals surface area (Å²) in [6.07, 6.45) is 2.96. The summed E-state index contributed by atoms with van der Waals surface area (Å²) >= 11 is 1.39. The second-order valence-corrected chi connectivity index (χ2v) is 7.85. The van der Waals surface area contributed by atoms with E-state index in [2.05, 4.69) is 24.9 Å². The average molecular weight is 427 g/mol. The second-order valence-electron chi connectivity index (χ2n) is 6.85. The zero-order chi connectivity index (χ0) is 21.5. The summed E-state index contributed by atoms with van der Waals surface area (Å²) in [5.41, 5.74) is 2.51. The first-order chi connectivity index (χ1) is 14.5. The van der Waals surface area contributed by atoms with Gasteiger partial charge < -0.3 is 14.0 Å². The lowest BCUT2D eigenvalue weighted by Gasteiger charge is -2.05. The Labute approximate surface area is 179 Å². The van der Waals surface area contributed by atoms with Gasteiger partial charge >= 0.3 is 5.97 Å². The van der Waals surface area contributed by atoms with Crippen molar-refractivity contribution in [2.24, 2.45) is 4.99 Å². The van der Waals surface area contributed by atoms with E-state index in [-0.39, 0.29) is 12.5 Å². The molecule has 1 heterocycles. The molecule has 0 spiro atoms. The molecule has 3 rings (SSSR count). The highest BCUT2D eigenvalue weighted by Gasteiger charge is 2.13. The van der Waals surface area contributed by atoms with Crippen LogP contribution in [-0.2, 0) is 22.5 Å². The molecule has 7 heteroatoms. The monoisotopic (exact) mass is 426 g/mol. The number of hydrogen-bond acceptors (Lipinski definition) is 5. The van der Waals surface area contributed by atoms with Gasteiger partial charge in [0.1, 0.15) is 12.3 Å². The molecule has 0 N–H and O–H groups in total. The molecule has 0 saturated carbocycles. The molecule has 0 aliphatic carbocycles. The van der Waals surface area contributed by atoms with E-state index in [9.17, 15) is 9.59 Å². The van der Waals surface area contributed by atoms with Crippen molar-refractivity contribution >= 4 is 33.4 Å². The Balaban J connectivity index is 1.94. The highest BCUT2D eigenvalue weighted by molar-refractivity contribution is 7.16. The van der Waals surface area contributed by atoms with Gasteiger partial charge in [0.2, 0.25) is 0 Å². The number of carbonyl (C=O) groups excluding carboxylic acids is 2. The minimum absolute atomic E-state index is 0.00170. The SMILES string of the molecule is CCCCOc1ccc(C(=O)N=c2sc3cc(CC)ccc3n2CC(=O)OC)cc1. The topological polar surface area (TPSA) is 69.9 Å². The van der Waals surface area contributed by atoms with Crippen molar-refractivity contribution in [2.45, 2.75) is 39.7 Å². The highest BCUT2D eigenvalue weighted by atomic mass is 32.1. The van der Waals surface area contributed by atoms with E-state index in [4.69, 9.17) is 9.47 Å². The Morgan fingerprint density at radius 3 is 2.53 bits per heavy atom. The molecule has 2 aromatic carbocycles. The van der Waals surface area contributed by atoms with Crippen LogP contribution in [0.5, 0.6) is 5.75 Å². The predicted octanol–water partition coefficient (Wildman–Crippen LogP) is 4.36. The van der Waals surface area contributed by atoms with E-state index in [1.165, 1.54) is 24.0 Å². The number of thiazole rings is 1. The van der Waals surface area contributed by atoms with Gasteiger partial charge in [-0.05, 0) is 54.8 Å². The first kappa shape index (κ1) is 21.8. The summed E-state index contributed by atoms with van der Waals surface area (Å²) in [4.78, 5) is 29.5. The number of amides is 1. The standard InChI is InChI=1S/C23H26N2O4S/c1-4-6-13-29-18-10-8-17(9-11-18)22(27)24-23-25(15-21(26)28-3)19-12-7-16(5-2)14-20(19)30-23/h7-12,14H,4-6,13,15H2,1-3H3. The summed E-state index contributed by atoms with van der Waals surface area (Å²) in [5.74, 6) is -0.0255. The van der Waals surface area contributed by atoms with Crippen molar-refractivity contribution in [3.63, 3.8) is 0 Å². The number of methoxy groups -OCH3 is 1. The van der Waals surface area contributed by atoms with Crippen LogP contribution in [0, 0.1) is 0 Å². The Bertz CT molecular complexity index is 1100. The third kappa shape index (κ3) is 5.16. The molecule has 0 aliphatic rings. The molecular weight excluding hydrogens is 400 g/mol. The Morgan fingerprint density at radius 2 is 1.87 bits per heavy atom. The van der Waals surface area contributed by atoms with Gasteiger partial charge in [-0.2, -0.15) is 4.99 Å². The summed E-state index contributed by atoms with van der Waals surface area (Å²) in [6.45, 7) is 4.85. The lowest BCUT2D eigenvalue weighted by Crippen LogP contribution is -2.22. The summed E-state index contributed by atoms with van der Waals surface area (Å²) in [5, 5.41) is 0. The lowest BCUT2D eigenvalue weighted by atomic mass is 10.2. The van der Waals surface area contributed by atoms with E-state index >= 15 is 0 Å². The number of aromatic nitrogens is 1. The molecule has 1 amide bonds. The average Bonchev–Trinajstić information content (AvgIpc) is 3.10. The number of hydrogen-bond donors (Lipinski definition) is 0. The van der Waals surface area contributed by atoms with Gasteiger partial charge in [0.15, 0.2) is 4.80 Å². The number of rotatable bonds is 8. The van der Waals surface area contributed by atoms with Gasteiger partial charge in [0.05, 0.1) is 23.9 Å². The molecule has 3 aromatic rings. The molecule has 0 bridgehead atoms. The Kier molecular flexibility index (Phi) is 7.41. The quantitative estimate of drug-likeness (QED) is 0.396. The summed E-state index contributed by atoms with van der Waals surface area (Å²) in [6, 6.07) is 13.0. The van der Waals surface area contributed by atoms with Crippen molar-refractivity contribution in [3.8, 4) is 5.75 Å². The first-order valence-corrected chi connectivity index (χ1v) is 10.9. The fraction of sp³-hybridized carbons (Fsp3) is 0.348. The molecule has 6 nitrogen and oxygen atoms in total. The number of aryl methyl sites for hydroxylation is 1. The number of esters is 1. The molecule has 0 unspecified atom stereocenters. The summed E-state index contributed by atoms with van der Waals surface area (Å²) in [7, 11) is 1.35. The molecular formula is C23H26N2O4S. The number of benzene rings is 2. The third-order valence-corrected chi connectivity index (χ3v) is 5.78. The van der Waals surface area contributed by atoms with E-state index in [1.54, 1.807) is 28.8 Å². The fourth-order valence-corrected chi connectivity index (χ4v) is 4.04. The number of fused-ring (bicyclic) bond motifs is 1. The Hall–Kier alpha value is -2.93. The van der Waals surface area contributed by atoms with Crippen LogP contribution in [0.25, 0.3) is 10.2 Å². The van der Waals surface area contributed by atoms with Gasteiger partial charge in [-0.3, -0.25) is 9.59 Å². The van der Waals surface area contributed by atoms with Crippen LogP contribution in [0.4, 0.5) is 0 Å². The van der Waals surface area contributed by atoms with Crippen molar-refractivity contribution in [1.82, 2.24) is 4.57 Å². The molecule has 0 atom stereocenters. The number of ether oxygens (including phenoxy) is 2. The largest absolute Gasteiger partial charge is 0.494 e. The normalized spacial score (nSPS) is 11.6. The predicted molar refractivity (Wildman–Crippen MR) is 118 cm³/mol. The van der Waals surface area contributed by atoms with Crippen LogP contribution in [0.2, 0.25) is 0 Å². The maximum absolute atomic E-state index is 12.8. The number of carbonyl (C=O) groups is 2. The molecule has 0 saturated heterocycles. The van der Waals surface area contributed by atoms with Gasteiger partial charge in [-0.25, -0.2) is 0 Å². The van der Waals surface area contributed by atoms with Gasteiger partial charge in [-0.1, -0.05) is 37.7 Å². The molecule has 158 valence electrons. The van der Waals surface area contributed by atoms with Gasteiger partial charge in [0.25, 0.3) is 5.91 Å². The zero-order valence-electron chi connectivity index (χ0n) is 17.5. The van der Waals surface area contributed by atoms with E-state index in [1.807, 2.05) is 12.1 Å². The summed E-state index contributed by atoms with van der Waals surface area (Å²) < 4.78 is 13.2. The molecule has 30 heavy (non-hydrogen) atoms. The van der Waals surface area contributed by atoms with Gasteiger partial charge in [0, 0.05) is 5.56 Å².